The predicted molar refractivity (Wildman–Crippen MR) is 69.4 cm³/mol. The molecule has 0 radical (unpaired) electrons. The molecule has 0 aromatic rings. The minimum Gasteiger partial charge on any atom is -0.480 e. The summed E-state index contributed by atoms with van der Waals surface area (Å²) < 4.78 is 0. The van der Waals surface area contributed by atoms with Crippen molar-refractivity contribution < 1.29 is 19.5 Å². The van der Waals surface area contributed by atoms with Crippen molar-refractivity contribution in [1.82, 2.24) is 10.6 Å². The summed E-state index contributed by atoms with van der Waals surface area (Å²) in [6, 6.07) is -1.91. The van der Waals surface area contributed by atoms with Crippen molar-refractivity contribution in [3.63, 3.8) is 0 Å². The van der Waals surface area contributed by atoms with Gasteiger partial charge < -0.3 is 21.5 Å². The predicted octanol–water partition coefficient (Wildman–Crippen LogP) is -0.244. The highest BCUT2D eigenvalue weighted by Gasteiger charge is 2.21. The van der Waals surface area contributed by atoms with Crippen LogP contribution in [0.2, 0.25) is 0 Å². The second-order valence-electron chi connectivity index (χ2n) is 3.80. The topological polar surface area (TPSA) is 122 Å². The first-order valence-electron chi connectivity index (χ1n) is 5.45. The molecule has 18 heavy (non-hydrogen) atoms. The van der Waals surface area contributed by atoms with Crippen molar-refractivity contribution in [2.75, 3.05) is 12.8 Å². The van der Waals surface area contributed by atoms with Gasteiger partial charge in [-0.3, -0.25) is 4.79 Å². The Morgan fingerprint density at radius 2 is 2.00 bits per heavy atom. The van der Waals surface area contributed by atoms with Gasteiger partial charge in [-0.05, 0) is 12.7 Å². The van der Waals surface area contributed by atoms with Crippen LogP contribution in [-0.4, -0.2) is 47.1 Å². The molecule has 0 spiro atoms. The maximum atomic E-state index is 11.4. The molecule has 0 aliphatic carbocycles. The highest BCUT2D eigenvalue weighted by Crippen LogP contribution is 2.07. The highest BCUT2D eigenvalue weighted by atomic mass is 32.2. The van der Waals surface area contributed by atoms with Gasteiger partial charge in [-0.1, -0.05) is 6.92 Å². The van der Waals surface area contributed by atoms with E-state index in [1.807, 2.05) is 13.2 Å². The van der Waals surface area contributed by atoms with Crippen LogP contribution in [0.15, 0.2) is 0 Å². The molecule has 5 N–H and O–H groups in total. The summed E-state index contributed by atoms with van der Waals surface area (Å²) in [4.78, 5) is 32.7. The lowest BCUT2D eigenvalue weighted by atomic mass is 10.2. The van der Waals surface area contributed by atoms with Crippen LogP contribution in [0.25, 0.3) is 0 Å². The molecule has 3 amide bonds. The lowest BCUT2D eigenvalue weighted by molar-refractivity contribution is -0.140. The molecule has 0 saturated carbocycles. The Bertz CT molecular complexity index is 311. The zero-order chi connectivity index (χ0) is 14.1. The summed E-state index contributed by atoms with van der Waals surface area (Å²) in [5, 5.41) is 13.9. The fraction of sp³-hybridized carbons (Fsp3) is 0.700. The monoisotopic (exact) mass is 277 g/mol. The molecule has 0 aromatic heterocycles. The number of primary amides is 1. The summed E-state index contributed by atoms with van der Waals surface area (Å²) in [7, 11) is 0. The number of hydrogen-bond donors (Lipinski definition) is 4. The number of nitrogens with two attached hydrogens (primary N) is 1. The van der Waals surface area contributed by atoms with Gasteiger partial charge in [-0.25, -0.2) is 9.59 Å². The standard InChI is InChI=1S/C10H19N3O4S/c1-6(18-2)3-4-12-10(17)13-7(9(15)16)5-8(11)14/h6-7H,3-5H2,1-2H3,(H2,11,14)(H,15,16)(H2,12,13,17)/t6?,7-/m0/s1. The molecule has 7 nitrogen and oxygen atoms in total. The zero-order valence-electron chi connectivity index (χ0n) is 10.4. The van der Waals surface area contributed by atoms with Gasteiger partial charge in [0.1, 0.15) is 6.04 Å². The lowest BCUT2D eigenvalue weighted by Crippen LogP contribution is -2.48. The van der Waals surface area contributed by atoms with Crippen molar-refractivity contribution in [2.24, 2.45) is 5.73 Å². The second kappa shape index (κ2) is 8.62. The smallest absolute Gasteiger partial charge is 0.326 e. The Balaban J connectivity index is 4.03. The number of thioether (sulfide) groups is 1. The normalized spacial score (nSPS) is 13.4. The molecule has 1 unspecified atom stereocenters. The summed E-state index contributed by atoms with van der Waals surface area (Å²) in [5.74, 6) is -2.07. The summed E-state index contributed by atoms with van der Waals surface area (Å²) in [6.07, 6.45) is 2.32. The third kappa shape index (κ3) is 7.77. The van der Waals surface area contributed by atoms with E-state index in [0.29, 0.717) is 11.8 Å². The Kier molecular flexibility index (Phi) is 7.93. The number of aliphatic carboxylic acids is 1. The Hall–Kier alpha value is -1.44. The van der Waals surface area contributed by atoms with Crippen LogP contribution in [0, 0.1) is 0 Å². The summed E-state index contributed by atoms with van der Waals surface area (Å²) in [5.41, 5.74) is 4.89. The third-order valence-electron chi connectivity index (χ3n) is 2.25. The minimum absolute atomic E-state index is 0.409. The molecular formula is C10H19N3O4S. The molecule has 0 aromatic carbocycles. The van der Waals surface area contributed by atoms with Crippen LogP contribution in [0.1, 0.15) is 19.8 Å². The average Bonchev–Trinajstić information content (AvgIpc) is 2.27. The molecule has 2 atom stereocenters. The molecule has 0 saturated heterocycles. The number of carboxylic acid groups (broad SMARTS) is 1. The average molecular weight is 277 g/mol. The van der Waals surface area contributed by atoms with Crippen LogP contribution in [0.3, 0.4) is 0 Å². The maximum Gasteiger partial charge on any atom is 0.326 e. The molecular weight excluding hydrogens is 258 g/mol. The quantitative estimate of drug-likeness (QED) is 0.487. The van der Waals surface area contributed by atoms with Crippen LogP contribution in [0.5, 0.6) is 0 Å². The number of amides is 3. The van der Waals surface area contributed by atoms with E-state index in [4.69, 9.17) is 10.8 Å². The number of rotatable bonds is 8. The molecule has 104 valence electrons. The molecule has 0 aliphatic rings. The van der Waals surface area contributed by atoms with Gasteiger partial charge in [-0.2, -0.15) is 11.8 Å². The first-order valence-corrected chi connectivity index (χ1v) is 6.73. The van der Waals surface area contributed by atoms with E-state index in [-0.39, 0.29) is 0 Å². The van der Waals surface area contributed by atoms with Gasteiger partial charge in [0.15, 0.2) is 0 Å². The lowest BCUT2D eigenvalue weighted by Gasteiger charge is -2.14. The summed E-state index contributed by atoms with van der Waals surface area (Å²) in [6.45, 7) is 2.47. The van der Waals surface area contributed by atoms with Crippen LogP contribution in [0.4, 0.5) is 4.79 Å². The van der Waals surface area contributed by atoms with Crippen LogP contribution in [-0.2, 0) is 9.59 Å². The largest absolute Gasteiger partial charge is 0.480 e. The van der Waals surface area contributed by atoms with Crippen molar-refractivity contribution in [3.05, 3.63) is 0 Å². The Morgan fingerprint density at radius 3 is 2.44 bits per heavy atom. The molecule has 0 rings (SSSR count). The Morgan fingerprint density at radius 1 is 1.39 bits per heavy atom. The Labute approximate surface area is 110 Å². The number of carboxylic acids is 1. The SMILES string of the molecule is CSC(C)CCNC(=O)N[C@@H](CC(N)=O)C(=O)O. The number of nitrogens with one attached hydrogen (secondary N) is 2. The van der Waals surface area contributed by atoms with E-state index in [1.165, 1.54) is 0 Å². The zero-order valence-corrected chi connectivity index (χ0v) is 11.3. The number of carbonyl (C=O) groups excluding carboxylic acids is 2. The summed E-state index contributed by atoms with van der Waals surface area (Å²) >= 11 is 1.68. The molecule has 0 bridgehead atoms. The van der Waals surface area contributed by atoms with Gasteiger partial charge in [0.25, 0.3) is 0 Å². The molecule has 0 aliphatic heterocycles. The van der Waals surface area contributed by atoms with Crippen molar-refractivity contribution in [2.45, 2.75) is 31.1 Å². The van der Waals surface area contributed by atoms with Crippen molar-refractivity contribution in [3.8, 4) is 0 Å². The molecule has 8 heteroatoms. The van der Waals surface area contributed by atoms with Crippen LogP contribution < -0.4 is 16.4 Å². The van der Waals surface area contributed by atoms with E-state index in [1.54, 1.807) is 11.8 Å². The van der Waals surface area contributed by atoms with Crippen molar-refractivity contribution >= 4 is 29.7 Å². The van der Waals surface area contributed by atoms with E-state index >= 15 is 0 Å². The van der Waals surface area contributed by atoms with E-state index in [9.17, 15) is 14.4 Å². The van der Waals surface area contributed by atoms with Gasteiger partial charge in [0.05, 0.1) is 6.42 Å². The molecule has 0 fully saturated rings. The van der Waals surface area contributed by atoms with E-state index in [2.05, 4.69) is 10.6 Å². The minimum atomic E-state index is -1.29. The van der Waals surface area contributed by atoms with Gasteiger partial charge in [0.2, 0.25) is 5.91 Å². The van der Waals surface area contributed by atoms with E-state index in [0.717, 1.165) is 6.42 Å². The fourth-order valence-electron chi connectivity index (χ4n) is 1.12. The van der Waals surface area contributed by atoms with Gasteiger partial charge in [0, 0.05) is 11.8 Å². The first-order chi connectivity index (χ1) is 8.36. The highest BCUT2D eigenvalue weighted by molar-refractivity contribution is 7.99. The molecule has 0 heterocycles. The van der Waals surface area contributed by atoms with Crippen molar-refractivity contribution in [1.29, 1.82) is 0 Å². The van der Waals surface area contributed by atoms with E-state index < -0.39 is 30.4 Å². The fourth-order valence-corrected chi connectivity index (χ4v) is 1.47. The van der Waals surface area contributed by atoms with Crippen LogP contribution >= 0.6 is 11.8 Å². The first kappa shape index (κ1) is 16.6. The second-order valence-corrected chi connectivity index (χ2v) is 5.07. The third-order valence-corrected chi connectivity index (χ3v) is 3.29. The maximum absolute atomic E-state index is 11.4. The van der Waals surface area contributed by atoms with Gasteiger partial charge >= 0.3 is 12.0 Å². The number of urea groups is 1. The van der Waals surface area contributed by atoms with Gasteiger partial charge in [-0.15, -0.1) is 0 Å². The number of hydrogen-bond acceptors (Lipinski definition) is 4. The number of carbonyl (C=O) groups is 3.